The van der Waals surface area contributed by atoms with Crippen molar-refractivity contribution in [3.8, 4) is 11.8 Å². The van der Waals surface area contributed by atoms with Crippen LogP contribution in [0.25, 0.3) is 0 Å². The van der Waals surface area contributed by atoms with E-state index >= 15 is 0 Å². The number of benzene rings is 1. The van der Waals surface area contributed by atoms with Crippen LogP contribution < -0.4 is 4.74 Å². The van der Waals surface area contributed by atoms with Crippen LogP contribution in [-0.2, 0) is 0 Å². The van der Waals surface area contributed by atoms with Crippen molar-refractivity contribution in [2.75, 3.05) is 6.61 Å². The second-order valence-electron chi connectivity index (χ2n) is 4.07. The number of fused-ring (bicyclic) bond motifs is 1. The molecule has 1 unspecified atom stereocenters. The summed E-state index contributed by atoms with van der Waals surface area (Å²) < 4.78 is 5.55. The molecule has 1 aliphatic rings. The highest BCUT2D eigenvalue weighted by Crippen LogP contribution is 2.29. The van der Waals surface area contributed by atoms with Crippen LogP contribution in [0.1, 0.15) is 28.8 Å². The molecular weight excluding hydrogens is 202 g/mol. The van der Waals surface area contributed by atoms with Crippen molar-refractivity contribution >= 4 is 5.78 Å². The highest BCUT2D eigenvalue weighted by molar-refractivity contribution is 6.01. The van der Waals surface area contributed by atoms with Gasteiger partial charge < -0.3 is 4.74 Å². The molecule has 1 heterocycles. The van der Waals surface area contributed by atoms with Gasteiger partial charge >= 0.3 is 0 Å². The molecule has 3 nitrogen and oxygen atoms in total. The number of aryl methyl sites for hydroxylation is 1. The Hall–Kier alpha value is -1.82. The summed E-state index contributed by atoms with van der Waals surface area (Å²) in [6.07, 6.45) is 0.990. The summed E-state index contributed by atoms with van der Waals surface area (Å²) in [6.45, 7) is 2.37. The van der Waals surface area contributed by atoms with Crippen LogP contribution in [0.4, 0.5) is 0 Å². The van der Waals surface area contributed by atoms with Crippen LogP contribution in [0.5, 0.6) is 5.75 Å². The Morgan fingerprint density at radius 2 is 2.38 bits per heavy atom. The molecule has 0 fully saturated rings. The second kappa shape index (κ2) is 4.36. The van der Waals surface area contributed by atoms with Gasteiger partial charge in [-0.3, -0.25) is 4.79 Å². The molecule has 0 saturated carbocycles. The van der Waals surface area contributed by atoms with E-state index in [0.29, 0.717) is 30.8 Å². The van der Waals surface area contributed by atoms with Gasteiger partial charge in [-0.15, -0.1) is 0 Å². The monoisotopic (exact) mass is 215 g/mol. The van der Waals surface area contributed by atoms with Gasteiger partial charge in [-0.25, -0.2) is 0 Å². The van der Waals surface area contributed by atoms with Gasteiger partial charge in [-0.1, -0.05) is 6.07 Å². The molecule has 1 aromatic rings. The number of ketones is 1. The van der Waals surface area contributed by atoms with Crippen molar-refractivity contribution in [2.45, 2.75) is 19.8 Å². The van der Waals surface area contributed by atoms with Crippen molar-refractivity contribution in [1.82, 2.24) is 0 Å². The van der Waals surface area contributed by atoms with E-state index in [2.05, 4.69) is 6.07 Å². The van der Waals surface area contributed by atoms with Gasteiger partial charge in [0.15, 0.2) is 5.78 Å². The first kappa shape index (κ1) is 10.7. The SMILES string of the molecule is Cc1ccc2c(c1)OCC(CCC#N)C2=O. The van der Waals surface area contributed by atoms with Gasteiger partial charge in [-0.2, -0.15) is 5.26 Å². The maximum atomic E-state index is 12.0. The maximum absolute atomic E-state index is 12.0. The fraction of sp³-hybridized carbons (Fsp3) is 0.385. The lowest BCUT2D eigenvalue weighted by atomic mass is 9.91. The molecule has 0 amide bonds. The molecule has 0 aromatic heterocycles. The Labute approximate surface area is 94.6 Å². The summed E-state index contributed by atoms with van der Waals surface area (Å²) in [6, 6.07) is 7.66. The predicted octanol–water partition coefficient (Wildman–Crippen LogP) is 2.49. The van der Waals surface area contributed by atoms with E-state index in [1.165, 1.54) is 0 Å². The van der Waals surface area contributed by atoms with Gasteiger partial charge in [0, 0.05) is 6.42 Å². The molecule has 0 bridgehead atoms. The number of nitrogens with zero attached hydrogens (tertiary/aromatic N) is 1. The lowest BCUT2D eigenvalue weighted by Crippen LogP contribution is -2.27. The van der Waals surface area contributed by atoms with E-state index in [1.807, 2.05) is 25.1 Å². The smallest absolute Gasteiger partial charge is 0.173 e. The van der Waals surface area contributed by atoms with Crippen molar-refractivity contribution in [3.63, 3.8) is 0 Å². The molecule has 2 rings (SSSR count). The summed E-state index contributed by atoms with van der Waals surface area (Å²) in [5, 5.41) is 8.51. The molecule has 0 N–H and O–H groups in total. The van der Waals surface area contributed by atoms with Crippen molar-refractivity contribution < 1.29 is 9.53 Å². The summed E-state index contributed by atoms with van der Waals surface area (Å²) in [5.41, 5.74) is 1.74. The molecule has 82 valence electrons. The molecule has 16 heavy (non-hydrogen) atoms. The first-order valence-electron chi connectivity index (χ1n) is 5.37. The number of carbonyl (C=O) groups excluding carboxylic acids is 1. The minimum absolute atomic E-state index is 0.108. The first-order chi connectivity index (χ1) is 7.72. The zero-order chi connectivity index (χ0) is 11.5. The molecule has 1 atom stereocenters. The van der Waals surface area contributed by atoms with Gasteiger partial charge in [0.25, 0.3) is 0 Å². The molecule has 0 aliphatic carbocycles. The third-order valence-electron chi connectivity index (χ3n) is 2.82. The Morgan fingerprint density at radius 3 is 3.12 bits per heavy atom. The number of Topliss-reactive ketones (excluding diaryl/α,β-unsaturated/α-hetero) is 1. The predicted molar refractivity (Wildman–Crippen MR) is 59.3 cm³/mol. The van der Waals surface area contributed by atoms with Gasteiger partial charge in [0.2, 0.25) is 0 Å². The Morgan fingerprint density at radius 1 is 1.56 bits per heavy atom. The van der Waals surface area contributed by atoms with Crippen LogP contribution in [0.3, 0.4) is 0 Å². The van der Waals surface area contributed by atoms with Crippen LogP contribution in [0, 0.1) is 24.2 Å². The number of ether oxygens (including phenoxy) is 1. The third kappa shape index (κ3) is 1.92. The largest absolute Gasteiger partial charge is 0.492 e. The summed E-state index contributed by atoms with van der Waals surface area (Å²) >= 11 is 0. The normalized spacial score (nSPS) is 18.5. The average molecular weight is 215 g/mol. The van der Waals surface area contributed by atoms with Crippen molar-refractivity contribution in [1.29, 1.82) is 5.26 Å². The van der Waals surface area contributed by atoms with Crippen LogP contribution >= 0.6 is 0 Å². The van der Waals surface area contributed by atoms with Gasteiger partial charge in [0.1, 0.15) is 5.75 Å². The fourth-order valence-corrected chi connectivity index (χ4v) is 1.89. The third-order valence-corrected chi connectivity index (χ3v) is 2.82. The lowest BCUT2D eigenvalue weighted by Gasteiger charge is -2.23. The Bertz CT molecular complexity index is 459. The minimum atomic E-state index is -0.158. The second-order valence-corrected chi connectivity index (χ2v) is 4.07. The fourth-order valence-electron chi connectivity index (χ4n) is 1.89. The molecular formula is C13H13NO2. The number of hydrogen-bond donors (Lipinski definition) is 0. The van der Waals surface area contributed by atoms with E-state index in [0.717, 1.165) is 5.56 Å². The minimum Gasteiger partial charge on any atom is -0.492 e. The highest BCUT2D eigenvalue weighted by Gasteiger charge is 2.28. The quantitative estimate of drug-likeness (QED) is 0.761. The number of rotatable bonds is 2. The number of nitriles is 1. The van der Waals surface area contributed by atoms with Crippen LogP contribution in [-0.4, -0.2) is 12.4 Å². The van der Waals surface area contributed by atoms with Crippen molar-refractivity contribution in [2.24, 2.45) is 5.92 Å². The Kier molecular flexibility index (Phi) is 2.91. The van der Waals surface area contributed by atoms with Crippen LogP contribution in [0.2, 0.25) is 0 Å². The molecule has 0 radical (unpaired) electrons. The topological polar surface area (TPSA) is 50.1 Å². The highest BCUT2D eigenvalue weighted by atomic mass is 16.5. The van der Waals surface area contributed by atoms with E-state index in [1.54, 1.807) is 0 Å². The summed E-state index contributed by atoms with van der Waals surface area (Å²) in [4.78, 5) is 12.0. The van der Waals surface area contributed by atoms with E-state index in [9.17, 15) is 4.79 Å². The molecule has 3 heteroatoms. The molecule has 0 spiro atoms. The summed E-state index contributed by atoms with van der Waals surface area (Å²) in [7, 11) is 0. The zero-order valence-corrected chi connectivity index (χ0v) is 9.19. The number of hydrogen-bond acceptors (Lipinski definition) is 3. The van der Waals surface area contributed by atoms with E-state index in [-0.39, 0.29) is 11.7 Å². The Balaban J connectivity index is 2.23. The number of carbonyl (C=O) groups is 1. The lowest BCUT2D eigenvalue weighted by molar-refractivity contribution is 0.0822. The molecule has 1 aromatic carbocycles. The molecule has 1 aliphatic heterocycles. The molecule has 0 saturated heterocycles. The first-order valence-corrected chi connectivity index (χ1v) is 5.37. The van der Waals surface area contributed by atoms with Gasteiger partial charge in [-0.05, 0) is 31.0 Å². The summed E-state index contributed by atoms with van der Waals surface area (Å²) in [5.74, 6) is 0.629. The van der Waals surface area contributed by atoms with Gasteiger partial charge in [0.05, 0.1) is 24.2 Å². The van der Waals surface area contributed by atoms with E-state index < -0.39 is 0 Å². The standard InChI is InChI=1S/C13H13NO2/c1-9-4-5-11-12(7-9)16-8-10(13(11)15)3-2-6-14/h4-5,7,10H,2-3,8H2,1H3. The van der Waals surface area contributed by atoms with Crippen molar-refractivity contribution in [3.05, 3.63) is 29.3 Å². The average Bonchev–Trinajstić information content (AvgIpc) is 2.28. The zero-order valence-electron chi connectivity index (χ0n) is 9.19. The maximum Gasteiger partial charge on any atom is 0.173 e. The van der Waals surface area contributed by atoms with Crippen LogP contribution in [0.15, 0.2) is 18.2 Å². The van der Waals surface area contributed by atoms with E-state index in [4.69, 9.17) is 10.00 Å².